The molecule has 0 unspecified atom stereocenters. The fourth-order valence-electron chi connectivity index (χ4n) is 6.42. The third kappa shape index (κ3) is 9.50. The molecule has 0 saturated carbocycles. The predicted molar refractivity (Wildman–Crippen MR) is 229 cm³/mol. The molecule has 3 amide bonds. The van der Waals surface area contributed by atoms with Crippen LogP contribution in [-0.4, -0.2) is 54.7 Å². The number of terminal acetylenes is 1. The van der Waals surface area contributed by atoms with E-state index in [1.54, 1.807) is 84.9 Å². The van der Waals surface area contributed by atoms with Crippen LogP contribution in [0.5, 0.6) is 0 Å². The van der Waals surface area contributed by atoms with Gasteiger partial charge < -0.3 is 9.80 Å². The van der Waals surface area contributed by atoms with Crippen LogP contribution >= 0.6 is 34.8 Å². The fraction of sp³-hybridized carbons (Fsp3) is 0.0870. The van der Waals surface area contributed by atoms with Crippen LogP contribution in [0.4, 0.5) is 30.2 Å². The van der Waals surface area contributed by atoms with Gasteiger partial charge in [0, 0.05) is 13.1 Å². The summed E-state index contributed by atoms with van der Waals surface area (Å²) in [5, 5.41) is 0.591. The SMILES string of the molecule is C#CCN1C(=O)C(=O)c2ccccc21.O=C1C(=O)N(C/C=C/c2ccc(Cl)c(C(F)(F)F)c2)c2ccccc21.O=C1C(=O)N(C/C=C/c2ccc(Cl)c(Cl)c2)c2ccccc21. The minimum Gasteiger partial charge on any atom is -0.301 e. The van der Waals surface area contributed by atoms with Gasteiger partial charge in [0.15, 0.2) is 0 Å². The number of alkyl halides is 3. The summed E-state index contributed by atoms with van der Waals surface area (Å²) in [5.41, 5.74) is 3.22. The smallest absolute Gasteiger partial charge is 0.301 e. The van der Waals surface area contributed by atoms with Gasteiger partial charge in [-0.2, -0.15) is 13.2 Å². The molecule has 3 aliphatic heterocycles. The van der Waals surface area contributed by atoms with Gasteiger partial charge in [0.1, 0.15) is 0 Å². The molecule has 5 aromatic carbocycles. The van der Waals surface area contributed by atoms with Gasteiger partial charge in [-0.05, 0) is 71.8 Å². The van der Waals surface area contributed by atoms with E-state index in [2.05, 4.69) is 5.92 Å². The van der Waals surface area contributed by atoms with Crippen molar-refractivity contribution < 1.29 is 41.9 Å². The largest absolute Gasteiger partial charge is 0.417 e. The monoisotopic (exact) mass is 881 g/mol. The van der Waals surface area contributed by atoms with Gasteiger partial charge in [0.2, 0.25) is 0 Å². The summed E-state index contributed by atoms with van der Waals surface area (Å²) >= 11 is 17.4. The molecule has 0 aliphatic carbocycles. The number of carbonyl (C=O) groups excluding carboxylic acids is 6. The number of benzene rings is 5. The summed E-state index contributed by atoms with van der Waals surface area (Å²) < 4.78 is 38.6. The van der Waals surface area contributed by atoms with Crippen LogP contribution < -0.4 is 14.7 Å². The molecule has 306 valence electrons. The van der Waals surface area contributed by atoms with Crippen LogP contribution in [0.3, 0.4) is 0 Å². The maximum absolute atomic E-state index is 12.9. The van der Waals surface area contributed by atoms with Crippen LogP contribution in [-0.2, 0) is 20.6 Å². The minimum absolute atomic E-state index is 0.0750. The lowest BCUT2D eigenvalue weighted by Crippen LogP contribution is -2.29. The highest BCUT2D eigenvalue weighted by atomic mass is 35.5. The highest BCUT2D eigenvalue weighted by molar-refractivity contribution is 6.53. The first-order valence-electron chi connectivity index (χ1n) is 18.1. The number of hydrogen-bond donors (Lipinski definition) is 0. The lowest BCUT2D eigenvalue weighted by Gasteiger charge is -2.13. The Bertz CT molecular complexity index is 2720. The van der Waals surface area contributed by atoms with E-state index >= 15 is 0 Å². The molecule has 0 bridgehead atoms. The number of rotatable bonds is 7. The molecular weight excluding hydrogens is 854 g/mol. The van der Waals surface area contributed by atoms with Gasteiger partial charge in [0.05, 0.1) is 60.9 Å². The molecule has 0 aromatic heterocycles. The van der Waals surface area contributed by atoms with Crippen LogP contribution in [0.1, 0.15) is 47.8 Å². The van der Waals surface area contributed by atoms with E-state index in [9.17, 15) is 41.9 Å². The van der Waals surface area contributed by atoms with Crippen molar-refractivity contribution in [3.05, 3.63) is 170 Å². The van der Waals surface area contributed by atoms with E-state index in [4.69, 9.17) is 41.2 Å². The molecular formula is C46H29Cl3F3N3O6. The molecule has 0 radical (unpaired) electrons. The van der Waals surface area contributed by atoms with Crippen molar-refractivity contribution in [1.82, 2.24) is 0 Å². The maximum atomic E-state index is 12.9. The third-order valence-corrected chi connectivity index (χ3v) is 10.4. The second-order valence-electron chi connectivity index (χ2n) is 13.2. The van der Waals surface area contributed by atoms with Gasteiger partial charge in [-0.15, -0.1) is 6.42 Å². The molecule has 61 heavy (non-hydrogen) atoms. The second-order valence-corrected chi connectivity index (χ2v) is 14.4. The third-order valence-electron chi connectivity index (χ3n) is 9.32. The van der Waals surface area contributed by atoms with Crippen molar-refractivity contribution >= 4 is 99.1 Å². The zero-order chi connectivity index (χ0) is 44.0. The molecule has 0 N–H and O–H groups in total. The van der Waals surface area contributed by atoms with Gasteiger partial charge >= 0.3 is 6.18 Å². The van der Waals surface area contributed by atoms with Crippen molar-refractivity contribution in [3.8, 4) is 12.3 Å². The summed E-state index contributed by atoms with van der Waals surface area (Å²) in [6, 6.07) is 29.2. The Morgan fingerprint density at radius 3 is 1.34 bits per heavy atom. The first-order valence-corrected chi connectivity index (χ1v) is 19.2. The quantitative estimate of drug-likeness (QED) is 0.119. The molecule has 3 aliphatic rings. The minimum atomic E-state index is -4.54. The number of fused-ring (bicyclic) bond motifs is 3. The predicted octanol–water partition coefficient (Wildman–Crippen LogP) is 9.69. The summed E-state index contributed by atoms with van der Waals surface area (Å²) in [6.07, 6.45) is 7.19. The number of nitrogens with zero attached hydrogens (tertiary/aromatic N) is 3. The standard InChI is InChI=1S/C18H11ClF3NO2.C17H11Cl2NO2.C11H7NO2/c19-14-8-7-11(10-13(14)18(20,21)22)4-3-9-23-15-6-2-1-5-12(15)16(24)17(23)25;18-13-8-7-11(10-14(13)19)4-3-9-20-15-6-2-1-5-12(15)16(21)17(20)22;1-2-7-12-9-6-4-3-5-8(9)10(13)11(12)14/h1-8,10H,9H2;1-8,10H,9H2;1,3-6H,7H2/b2*4-3+;. The van der Waals surface area contributed by atoms with Gasteiger partial charge in [-0.25, -0.2) is 0 Å². The fourth-order valence-corrected chi connectivity index (χ4v) is 6.95. The number of anilines is 3. The Balaban J connectivity index is 0.000000159. The van der Waals surface area contributed by atoms with E-state index in [1.165, 1.54) is 39.0 Å². The number of carbonyl (C=O) groups is 6. The average molecular weight is 883 g/mol. The normalized spacial score (nSPS) is 14.2. The van der Waals surface area contributed by atoms with Crippen LogP contribution in [0.25, 0.3) is 12.2 Å². The van der Waals surface area contributed by atoms with Gasteiger partial charge in [-0.1, -0.05) is 114 Å². The number of ketones is 3. The maximum Gasteiger partial charge on any atom is 0.417 e. The molecule has 0 atom stereocenters. The molecule has 0 spiro atoms. The zero-order valence-corrected chi connectivity index (χ0v) is 33.7. The van der Waals surface area contributed by atoms with Crippen LogP contribution in [0, 0.1) is 12.3 Å². The Morgan fingerprint density at radius 2 is 0.918 bits per heavy atom. The van der Waals surface area contributed by atoms with Gasteiger partial charge in [-0.3, -0.25) is 33.7 Å². The van der Waals surface area contributed by atoms with Crippen LogP contribution in [0.15, 0.2) is 121 Å². The Hall–Kier alpha value is -6.78. The van der Waals surface area contributed by atoms with Crippen molar-refractivity contribution in [1.29, 1.82) is 0 Å². The van der Waals surface area contributed by atoms with Crippen molar-refractivity contribution in [2.45, 2.75) is 6.18 Å². The lowest BCUT2D eigenvalue weighted by atomic mass is 10.1. The van der Waals surface area contributed by atoms with E-state index in [0.717, 1.165) is 11.6 Å². The average Bonchev–Trinajstić information content (AvgIpc) is 3.75. The number of para-hydroxylation sites is 3. The van der Waals surface area contributed by atoms with E-state index in [-0.39, 0.29) is 18.1 Å². The molecule has 3 heterocycles. The summed E-state index contributed by atoms with van der Waals surface area (Å²) in [6.45, 7) is 0.537. The lowest BCUT2D eigenvalue weighted by molar-refractivity contribution is -0.137. The number of amides is 3. The highest BCUT2D eigenvalue weighted by Gasteiger charge is 2.37. The molecule has 9 nitrogen and oxygen atoms in total. The number of halogens is 6. The van der Waals surface area contributed by atoms with E-state index in [0.29, 0.717) is 55.9 Å². The molecule has 15 heteroatoms. The summed E-state index contributed by atoms with van der Waals surface area (Å²) in [5.74, 6) is -0.862. The molecule has 0 fully saturated rings. The van der Waals surface area contributed by atoms with Crippen molar-refractivity contribution in [2.75, 3.05) is 34.3 Å². The topological polar surface area (TPSA) is 112 Å². The van der Waals surface area contributed by atoms with E-state index < -0.39 is 46.8 Å². The summed E-state index contributed by atoms with van der Waals surface area (Å²) in [4.78, 5) is 74.7. The Kier molecular flexibility index (Phi) is 13.4. The highest BCUT2D eigenvalue weighted by Crippen LogP contribution is 2.36. The van der Waals surface area contributed by atoms with E-state index in [1.807, 2.05) is 18.2 Å². The molecule has 8 rings (SSSR count). The van der Waals surface area contributed by atoms with Gasteiger partial charge in [0.25, 0.3) is 35.1 Å². The van der Waals surface area contributed by atoms with Crippen molar-refractivity contribution in [2.24, 2.45) is 0 Å². The number of hydrogen-bond acceptors (Lipinski definition) is 6. The first kappa shape index (κ1) is 43.8. The van der Waals surface area contributed by atoms with Crippen LogP contribution in [0.2, 0.25) is 15.1 Å². The summed E-state index contributed by atoms with van der Waals surface area (Å²) in [7, 11) is 0. The molecule has 5 aromatic rings. The Labute approximate surface area is 362 Å². The zero-order valence-electron chi connectivity index (χ0n) is 31.5. The Morgan fingerprint density at radius 1 is 0.525 bits per heavy atom. The molecule has 0 saturated heterocycles. The second kappa shape index (κ2) is 18.6. The number of Topliss-reactive ketones (excluding diaryl/α,β-unsaturated/α-hetero) is 3. The van der Waals surface area contributed by atoms with Crippen molar-refractivity contribution in [3.63, 3.8) is 0 Å². The first-order chi connectivity index (χ1) is 29.1.